The minimum absolute atomic E-state index is 0.00273. The molecule has 0 aliphatic carbocycles. The van der Waals surface area contributed by atoms with E-state index in [0.29, 0.717) is 23.5 Å². The summed E-state index contributed by atoms with van der Waals surface area (Å²) in [6.07, 6.45) is 1.62. The minimum Gasteiger partial charge on any atom is -0.497 e. The van der Waals surface area contributed by atoms with E-state index in [2.05, 4.69) is 30.9 Å². The van der Waals surface area contributed by atoms with E-state index in [4.69, 9.17) is 33.1 Å². The number of halogens is 1. The molecule has 0 spiro atoms. The topological polar surface area (TPSA) is 170 Å². The minimum atomic E-state index is -1.59. The highest BCUT2D eigenvalue weighted by atomic mass is 79.9. The van der Waals surface area contributed by atoms with Gasteiger partial charge in [-0.2, -0.15) is 4.98 Å². The molecule has 15 heteroatoms. The summed E-state index contributed by atoms with van der Waals surface area (Å²) in [6.45, 7) is 0.797. The molecule has 13 nitrogen and oxygen atoms in total. The Morgan fingerprint density at radius 1 is 1.10 bits per heavy atom. The lowest BCUT2D eigenvalue weighted by molar-refractivity contribution is 0.136. The van der Waals surface area contributed by atoms with Crippen molar-refractivity contribution in [3.8, 4) is 17.1 Å². The van der Waals surface area contributed by atoms with E-state index in [0.717, 1.165) is 10.0 Å². The number of H-pyrrole nitrogens is 1. The molecule has 0 saturated carbocycles. The summed E-state index contributed by atoms with van der Waals surface area (Å²) in [5.41, 5.74) is 7.37. The van der Waals surface area contributed by atoms with E-state index < -0.39 is 19.8 Å². The summed E-state index contributed by atoms with van der Waals surface area (Å²) < 4.78 is 36.3. The average molecular weight is 646 g/mol. The van der Waals surface area contributed by atoms with Crippen molar-refractivity contribution in [2.45, 2.75) is 19.8 Å². The number of hydrogen-bond donors (Lipinski definition) is 2. The summed E-state index contributed by atoms with van der Waals surface area (Å²) in [6, 6.07) is 14.7. The van der Waals surface area contributed by atoms with E-state index in [9.17, 15) is 9.59 Å². The molecule has 1 atom stereocenters. The highest BCUT2D eigenvalue weighted by Crippen LogP contribution is 2.41. The van der Waals surface area contributed by atoms with Crippen molar-refractivity contribution in [1.29, 1.82) is 0 Å². The van der Waals surface area contributed by atoms with Gasteiger partial charge in [0.05, 0.1) is 26.7 Å². The van der Waals surface area contributed by atoms with Crippen LogP contribution in [0.5, 0.6) is 5.75 Å². The average Bonchev–Trinajstić information content (AvgIpc) is 3.55. The summed E-state index contributed by atoms with van der Waals surface area (Å²) in [4.78, 5) is 34.6. The van der Waals surface area contributed by atoms with Crippen molar-refractivity contribution in [1.82, 2.24) is 19.5 Å². The van der Waals surface area contributed by atoms with E-state index in [-0.39, 0.29) is 49.2 Å². The van der Waals surface area contributed by atoms with Gasteiger partial charge in [-0.25, -0.2) is 9.78 Å². The molecule has 1 unspecified atom stereocenters. The normalized spacial score (nSPS) is 12.1. The van der Waals surface area contributed by atoms with Gasteiger partial charge in [0, 0.05) is 16.6 Å². The molecule has 5 aromatic rings. The second-order valence-corrected chi connectivity index (χ2v) is 10.9. The SMILES string of the molecule is COc1ccc(-c2oc(=O)oc2COP(COCCn2cnc3c(=O)[nH]c(N)nc32)OCc2cccc(Br)c2)cc1. The zero-order chi connectivity index (χ0) is 28.8. The van der Waals surface area contributed by atoms with Crippen LogP contribution in [-0.2, 0) is 33.5 Å². The Kier molecular flexibility index (Phi) is 9.27. The zero-order valence-electron chi connectivity index (χ0n) is 21.7. The van der Waals surface area contributed by atoms with E-state index in [1.54, 1.807) is 35.9 Å². The molecule has 0 aliphatic heterocycles. The summed E-state index contributed by atoms with van der Waals surface area (Å²) in [5, 5.41) is 0. The number of imidazole rings is 1. The first-order chi connectivity index (χ1) is 19.9. The molecule has 41 heavy (non-hydrogen) atoms. The molecule has 3 heterocycles. The van der Waals surface area contributed by atoms with Crippen molar-refractivity contribution in [2.75, 3.05) is 25.8 Å². The first-order valence-electron chi connectivity index (χ1n) is 12.2. The van der Waals surface area contributed by atoms with Crippen LogP contribution in [0.25, 0.3) is 22.5 Å². The summed E-state index contributed by atoms with van der Waals surface area (Å²) in [5.74, 6) is 0.300. The molecular weight excluding hydrogens is 621 g/mol. The Labute approximate surface area is 242 Å². The van der Waals surface area contributed by atoms with Crippen molar-refractivity contribution in [3.63, 3.8) is 0 Å². The van der Waals surface area contributed by atoms with E-state index in [1.165, 1.54) is 6.33 Å². The Balaban J connectivity index is 1.25. The maximum Gasteiger partial charge on any atom is 0.519 e. The molecule has 0 amide bonds. The number of benzene rings is 2. The van der Waals surface area contributed by atoms with Gasteiger partial charge in [0.1, 0.15) is 18.7 Å². The highest BCUT2D eigenvalue weighted by Gasteiger charge is 2.20. The molecule has 3 aromatic heterocycles. The van der Waals surface area contributed by atoms with Gasteiger partial charge in [0.25, 0.3) is 5.56 Å². The van der Waals surface area contributed by atoms with Crippen molar-refractivity contribution in [2.24, 2.45) is 0 Å². The van der Waals surface area contributed by atoms with Gasteiger partial charge in [-0.15, -0.1) is 0 Å². The lowest BCUT2D eigenvalue weighted by atomic mass is 10.1. The Bertz CT molecular complexity index is 1730. The molecule has 5 rings (SSSR count). The van der Waals surface area contributed by atoms with Crippen molar-refractivity contribution >= 4 is 41.4 Å². The maximum atomic E-state index is 12.0. The van der Waals surface area contributed by atoms with Crippen molar-refractivity contribution in [3.05, 3.63) is 91.6 Å². The summed E-state index contributed by atoms with van der Waals surface area (Å²) in [7, 11) is -0.0224. The number of rotatable bonds is 13. The monoisotopic (exact) mass is 645 g/mol. The highest BCUT2D eigenvalue weighted by molar-refractivity contribution is 9.10. The number of fused-ring (bicyclic) bond motifs is 1. The molecule has 0 radical (unpaired) electrons. The van der Waals surface area contributed by atoms with Crippen LogP contribution in [0.2, 0.25) is 0 Å². The number of aromatic nitrogens is 4. The van der Waals surface area contributed by atoms with Crippen LogP contribution < -0.4 is 21.9 Å². The van der Waals surface area contributed by atoms with E-state index in [1.807, 2.05) is 24.3 Å². The summed E-state index contributed by atoms with van der Waals surface area (Å²) >= 11 is 3.46. The number of nitrogens with one attached hydrogen (secondary N) is 1. The van der Waals surface area contributed by atoms with Gasteiger partial charge < -0.3 is 37.7 Å². The van der Waals surface area contributed by atoms with Crippen LogP contribution in [0.4, 0.5) is 5.95 Å². The molecule has 0 aliphatic rings. The second-order valence-electron chi connectivity index (χ2n) is 8.54. The number of methoxy groups -OCH3 is 1. The number of nitrogen functional groups attached to an aromatic ring is 1. The first-order valence-corrected chi connectivity index (χ1v) is 14.4. The van der Waals surface area contributed by atoms with Crippen LogP contribution in [0.15, 0.2) is 77.8 Å². The Hall–Kier alpha value is -3.81. The molecule has 3 N–H and O–H groups in total. The van der Waals surface area contributed by atoms with Gasteiger partial charge in [0.15, 0.2) is 31.1 Å². The van der Waals surface area contributed by atoms with Crippen LogP contribution in [-0.4, -0.2) is 39.6 Å². The smallest absolute Gasteiger partial charge is 0.497 e. The molecular formula is C26H25BrN5O8P. The molecule has 214 valence electrons. The third-order valence-electron chi connectivity index (χ3n) is 5.77. The Morgan fingerprint density at radius 3 is 2.68 bits per heavy atom. The van der Waals surface area contributed by atoms with Crippen LogP contribution >= 0.6 is 24.3 Å². The van der Waals surface area contributed by atoms with E-state index >= 15 is 0 Å². The number of hydrogen-bond acceptors (Lipinski definition) is 11. The third-order valence-corrected chi connectivity index (χ3v) is 7.49. The fourth-order valence-electron chi connectivity index (χ4n) is 3.82. The van der Waals surface area contributed by atoms with Gasteiger partial charge >= 0.3 is 5.82 Å². The Morgan fingerprint density at radius 2 is 1.90 bits per heavy atom. The van der Waals surface area contributed by atoms with Crippen LogP contribution in [0, 0.1) is 0 Å². The molecule has 0 saturated heterocycles. The van der Waals surface area contributed by atoms with Gasteiger partial charge in [-0.05, 0) is 42.0 Å². The zero-order valence-corrected chi connectivity index (χ0v) is 24.2. The number of anilines is 1. The maximum absolute atomic E-state index is 12.0. The largest absolute Gasteiger partial charge is 0.519 e. The van der Waals surface area contributed by atoms with Gasteiger partial charge in [0.2, 0.25) is 5.95 Å². The molecule has 2 aromatic carbocycles. The fraction of sp³-hybridized carbons (Fsp3) is 0.231. The predicted molar refractivity (Wildman–Crippen MR) is 153 cm³/mol. The number of nitrogens with two attached hydrogens (primary N) is 1. The van der Waals surface area contributed by atoms with Crippen LogP contribution in [0.3, 0.4) is 0 Å². The molecule has 0 fully saturated rings. The third kappa shape index (κ3) is 7.29. The van der Waals surface area contributed by atoms with Crippen LogP contribution in [0.1, 0.15) is 11.3 Å². The molecule has 0 bridgehead atoms. The van der Waals surface area contributed by atoms with Gasteiger partial charge in [-0.3, -0.25) is 9.78 Å². The lowest BCUT2D eigenvalue weighted by Crippen LogP contribution is -2.13. The second kappa shape index (κ2) is 13.2. The first kappa shape index (κ1) is 28.7. The predicted octanol–water partition coefficient (Wildman–Crippen LogP) is 4.41. The number of ether oxygens (including phenoxy) is 2. The van der Waals surface area contributed by atoms with Crippen molar-refractivity contribution < 1.29 is 27.4 Å². The number of aromatic amines is 1. The lowest BCUT2D eigenvalue weighted by Gasteiger charge is -2.17. The quantitative estimate of drug-likeness (QED) is 0.137. The fourth-order valence-corrected chi connectivity index (χ4v) is 5.32. The van der Waals surface area contributed by atoms with Gasteiger partial charge in [-0.1, -0.05) is 28.1 Å². The number of nitrogens with zero attached hydrogens (tertiary/aromatic N) is 3. The standard InChI is InChI=1S/C26H25BrN5O8P/c1-35-19-7-5-17(6-8-19)22-20(39-26(34)40-22)13-38-41(37-12-16-3-2-4-18(27)11-16)15-36-10-9-32-14-29-21-23(32)30-25(28)31-24(21)33/h2-8,11,14H,9-10,12-13,15H2,1H3,(H3,28,30,31,33).